The molecular formula is C19H16F2S2. The van der Waals surface area contributed by atoms with E-state index in [0.717, 1.165) is 4.88 Å². The number of thiophene rings is 2. The molecule has 0 bridgehead atoms. The molecule has 1 aromatic carbocycles. The van der Waals surface area contributed by atoms with Crippen LogP contribution in [0, 0.1) is 25.5 Å². The van der Waals surface area contributed by atoms with Crippen LogP contribution in [0.15, 0.2) is 24.3 Å². The summed E-state index contributed by atoms with van der Waals surface area (Å²) < 4.78 is 28.2. The molecule has 0 nitrogen and oxygen atoms in total. The summed E-state index contributed by atoms with van der Waals surface area (Å²) in [6.07, 6.45) is 0. The molecule has 0 N–H and O–H groups in total. The van der Waals surface area contributed by atoms with E-state index < -0.39 is 11.6 Å². The maximum Gasteiger partial charge on any atom is 0.167 e. The fourth-order valence-electron chi connectivity index (χ4n) is 3.29. The minimum absolute atomic E-state index is 0.0795. The minimum atomic E-state index is -0.747. The number of benzene rings is 1. The zero-order valence-electron chi connectivity index (χ0n) is 13.4. The highest BCUT2D eigenvalue weighted by Crippen LogP contribution is 2.56. The number of fused-ring (bicyclic) bond motifs is 3. The second-order valence-electron chi connectivity index (χ2n) is 6.64. The van der Waals surface area contributed by atoms with Crippen LogP contribution in [0.25, 0.3) is 20.2 Å². The number of hydrogen-bond acceptors (Lipinski definition) is 2. The van der Waals surface area contributed by atoms with Gasteiger partial charge in [-0.3, -0.25) is 0 Å². The zero-order valence-corrected chi connectivity index (χ0v) is 15.0. The average Bonchev–Trinajstić information content (AvgIpc) is 3.12. The quantitative estimate of drug-likeness (QED) is 0.461. The Morgan fingerprint density at radius 2 is 1.52 bits per heavy atom. The van der Waals surface area contributed by atoms with Crippen molar-refractivity contribution in [2.24, 2.45) is 0 Å². The molecule has 3 aromatic rings. The molecule has 0 saturated carbocycles. The van der Waals surface area contributed by atoms with Gasteiger partial charge in [0.2, 0.25) is 0 Å². The summed E-state index contributed by atoms with van der Waals surface area (Å²) in [5, 5.41) is 0. The Kier molecular flexibility index (Phi) is 3.10. The third-order valence-electron chi connectivity index (χ3n) is 4.68. The molecule has 118 valence electrons. The van der Waals surface area contributed by atoms with Crippen LogP contribution in [-0.4, -0.2) is 0 Å². The van der Waals surface area contributed by atoms with Crippen molar-refractivity contribution in [2.75, 3.05) is 0 Å². The number of rotatable bonds is 1. The van der Waals surface area contributed by atoms with Gasteiger partial charge < -0.3 is 0 Å². The lowest BCUT2D eigenvalue weighted by Gasteiger charge is -2.19. The Morgan fingerprint density at radius 3 is 2.26 bits per heavy atom. The lowest BCUT2D eigenvalue weighted by Crippen LogP contribution is -2.13. The number of hydrogen-bond donors (Lipinski definition) is 0. The first-order chi connectivity index (χ1) is 10.8. The lowest BCUT2D eigenvalue weighted by molar-refractivity contribution is 0.506. The molecule has 0 amide bonds. The maximum absolute atomic E-state index is 14.3. The Hall–Kier alpha value is -1.52. The second kappa shape index (κ2) is 4.74. The van der Waals surface area contributed by atoms with Gasteiger partial charge >= 0.3 is 0 Å². The first-order valence-corrected chi connectivity index (χ1v) is 9.14. The summed E-state index contributed by atoms with van der Waals surface area (Å²) in [6.45, 7) is 8.10. The van der Waals surface area contributed by atoms with Crippen molar-refractivity contribution in [3.8, 4) is 20.2 Å². The van der Waals surface area contributed by atoms with E-state index in [1.807, 2.05) is 6.07 Å². The predicted octanol–water partition coefficient (Wildman–Crippen LogP) is 6.68. The van der Waals surface area contributed by atoms with Crippen LogP contribution in [-0.2, 0) is 5.41 Å². The molecular weight excluding hydrogens is 330 g/mol. The summed E-state index contributed by atoms with van der Waals surface area (Å²) in [5.41, 5.74) is 3.19. The van der Waals surface area contributed by atoms with E-state index in [1.165, 1.54) is 25.8 Å². The highest BCUT2D eigenvalue weighted by molar-refractivity contribution is 7.24. The monoisotopic (exact) mass is 346 g/mol. The van der Waals surface area contributed by atoms with E-state index in [9.17, 15) is 8.78 Å². The van der Waals surface area contributed by atoms with Gasteiger partial charge in [-0.25, -0.2) is 8.78 Å². The molecule has 0 aliphatic heterocycles. The van der Waals surface area contributed by atoms with Gasteiger partial charge in [0.25, 0.3) is 0 Å². The summed E-state index contributed by atoms with van der Waals surface area (Å²) in [4.78, 5) is 4.58. The first kappa shape index (κ1) is 15.0. The Labute approximate surface area is 142 Å². The summed E-state index contributed by atoms with van der Waals surface area (Å²) in [6, 6.07) is 7.61. The molecule has 0 saturated heterocycles. The van der Waals surface area contributed by atoms with E-state index in [0.29, 0.717) is 11.1 Å². The maximum atomic E-state index is 14.3. The molecule has 0 fully saturated rings. The van der Waals surface area contributed by atoms with Crippen molar-refractivity contribution < 1.29 is 8.78 Å². The van der Waals surface area contributed by atoms with Gasteiger partial charge in [-0.1, -0.05) is 26.0 Å². The molecule has 2 aromatic heterocycles. The van der Waals surface area contributed by atoms with Gasteiger partial charge in [-0.15, -0.1) is 22.7 Å². The fraction of sp³-hybridized carbons (Fsp3) is 0.263. The summed E-state index contributed by atoms with van der Waals surface area (Å²) >= 11 is 3.35. The van der Waals surface area contributed by atoms with E-state index in [1.54, 1.807) is 41.7 Å². The van der Waals surface area contributed by atoms with Crippen molar-refractivity contribution in [3.05, 3.63) is 57.5 Å². The molecule has 1 aliphatic carbocycles. The van der Waals surface area contributed by atoms with Crippen LogP contribution >= 0.6 is 22.7 Å². The summed E-state index contributed by atoms with van der Waals surface area (Å²) in [5.74, 6) is -1.49. The highest BCUT2D eigenvalue weighted by atomic mass is 32.1. The topological polar surface area (TPSA) is 0 Å². The van der Waals surface area contributed by atoms with Gasteiger partial charge in [0.15, 0.2) is 11.6 Å². The third-order valence-corrected chi connectivity index (χ3v) is 7.06. The van der Waals surface area contributed by atoms with E-state index in [-0.39, 0.29) is 5.41 Å². The highest BCUT2D eigenvalue weighted by Gasteiger charge is 2.39. The van der Waals surface area contributed by atoms with Crippen LogP contribution in [0.5, 0.6) is 0 Å². The average molecular weight is 346 g/mol. The molecule has 23 heavy (non-hydrogen) atoms. The van der Waals surface area contributed by atoms with Gasteiger partial charge in [-0.05, 0) is 42.7 Å². The summed E-state index contributed by atoms with van der Waals surface area (Å²) in [7, 11) is 0. The van der Waals surface area contributed by atoms with Crippen LogP contribution in [0.3, 0.4) is 0 Å². The molecule has 0 unspecified atom stereocenters. The van der Waals surface area contributed by atoms with Crippen molar-refractivity contribution >= 4 is 22.7 Å². The number of aryl methyl sites for hydroxylation is 2. The molecule has 0 atom stereocenters. The number of halogens is 2. The molecule has 2 heterocycles. The van der Waals surface area contributed by atoms with Crippen LogP contribution in [0.4, 0.5) is 8.78 Å². The predicted molar refractivity (Wildman–Crippen MR) is 94.6 cm³/mol. The molecule has 1 aliphatic rings. The fourth-order valence-corrected chi connectivity index (χ4v) is 5.95. The van der Waals surface area contributed by atoms with Crippen LogP contribution in [0.1, 0.15) is 35.4 Å². The SMILES string of the molecule is Cc1cc2c(s1)-c1sc(-c3ccc(C)c(F)c3F)cc1C2(C)C. The van der Waals surface area contributed by atoms with Gasteiger partial charge in [0.05, 0.1) is 0 Å². The van der Waals surface area contributed by atoms with E-state index in [2.05, 4.69) is 26.8 Å². The van der Waals surface area contributed by atoms with Crippen molar-refractivity contribution in [3.63, 3.8) is 0 Å². The standard InChI is InChI=1S/C19H16F2S2/c1-9-5-6-11(16(21)15(9)20)14-8-13-18(23-14)17-12(19(13,3)4)7-10(2)22-17/h5-8H,1-4H3. The van der Waals surface area contributed by atoms with Gasteiger partial charge in [0, 0.05) is 30.5 Å². The largest absolute Gasteiger partial charge is 0.203 e. The first-order valence-electron chi connectivity index (χ1n) is 7.51. The Bertz CT molecular complexity index is 945. The van der Waals surface area contributed by atoms with Crippen molar-refractivity contribution in [2.45, 2.75) is 33.1 Å². The lowest BCUT2D eigenvalue weighted by atomic mass is 9.83. The minimum Gasteiger partial charge on any atom is -0.203 e. The van der Waals surface area contributed by atoms with Crippen molar-refractivity contribution in [1.82, 2.24) is 0 Å². The molecule has 0 radical (unpaired) electrons. The smallest absolute Gasteiger partial charge is 0.167 e. The Balaban J connectivity index is 1.93. The molecule has 4 heteroatoms. The molecule has 4 rings (SSSR count). The Morgan fingerprint density at radius 1 is 0.870 bits per heavy atom. The van der Waals surface area contributed by atoms with Crippen LogP contribution in [0.2, 0.25) is 0 Å². The van der Waals surface area contributed by atoms with Crippen molar-refractivity contribution in [1.29, 1.82) is 0 Å². The van der Waals surface area contributed by atoms with Crippen LogP contribution < -0.4 is 0 Å². The second-order valence-corrected chi connectivity index (χ2v) is 8.94. The van der Waals surface area contributed by atoms with Gasteiger partial charge in [-0.2, -0.15) is 0 Å². The van der Waals surface area contributed by atoms with Gasteiger partial charge in [0.1, 0.15) is 0 Å². The normalized spacial score (nSPS) is 14.9. The zero-order chi connectivity index (χ0) is 16.5. The van der Waals surface area contributed by atoms with E-state index in [4.69, 9.17) is 0 Å². The molecule has 0 spiro atoms. The third kappa shape index (κ3) is 1.98. The van der Waals surface area contributed by atoms with E-state index >= 15 is 0 Å².